The largest absolute Gasteiger partial charge is 0.367 e. The third-order valence-corrected chi connectivity index (χ3v) is 6.91. The average molecular weight is 409 g/mol. The molecule has 0 amide bonds. The second-order valence-electron chi connectivity index (χ2n) is 6.76. The maximum absolute atomic E-state index is 13.3. The maximum atomic E-state index is 13.3. The van der Waals surface area contributed by atoms with E-state index in [1.165, 1.54) is 21.6 Å². The number of anilines is 1. The first kappa shape index (κ1) is 19.0. The molecule has 0 radical (unpaired) electrons. The minimum atomic E-state index is -3.65. The fraction of sp³-hybridized carbons (Fsp3) is 0.263. The Morgan fingerprint density at radius 3 is 2.69 bits per heavy atom. The van der Waals surface area contributed by atoms with E-state index in [1.54, 1.807) is 36.5 Å². The fourth-order valence-electron chi connectivity index (χ4n) is 3.44. The monoisotopic (exact) mass is 409 g/mol. The van der Waals surface area contributed by atoms with Gasteiger partial charge in [0.25, 0.3) is 0 Å². The number of piperazine rings is 1. The zero-order valence-corrected chi connectivity index (χ0v) is 16.6. The van der Waals surface area contributed by atoms with Gasteiger partial charge >= 0.3 is 0 Å². The molecule has 29 heavy (non-hydrogen) atoms. The number of rotatable bonds is 4. The lowest BCUT2D eigenvalue weighted by atomic mass is 10.2. The molecular weight excluding hydrogens is 390 g/mol. The van der Waals surface area contributed by atoms with Gasteiger partial charge in [-0.25, -0.2) is 23.1 Å². The van der Waals surface area contributed by atoms with E-state index in [2.05, 4.69) is 20.0 Å². The fourth-order valence-corrected chi connectivity index (χ4v) is 5.09. The van der Waals surface area contributed by atoms with Gasteiger partial charge in [-0.15, -0.1) is 0 Å². The molecular formula is C19H19N7O2S. The number of nitriles is 1. The summed E-state index contributed by atoms with van der Waals surface area (Å²) in [6.45, 7) is 3.33. The highest BCUT2D eigenvalue weighted by Crippen LogP contribution is 2.25. The van der Waals surface area contributed by atoms with Crippen LogP contribution in [-0.4, -0.2) is 58.1 Å². The van der Waals surface area contributed by atoms with Crippen LogP contribution in [0.1, 0.15) is 12.6 Å². The summed E-state index contributed by atoms with van der Waals surface area (Å²) in [4.78, 5) is 10.3. The van der Waals surface area contributed by atoms with Crippen molar-refractivity contribution in [2.45, 2.75) is 17.9 Å². The second kappa shape index (κ2) is 7.62. The first-order valence-corrected chi connectivity index (χ1v) is 10.5. The van der Waals surface area contributed by atoms with Crippen LogP contribution in [0.3, 0.4) is 0 Å². The Morgan fingerprint density at radius 2 is 2.03 bits per heavy atom. The third-order valence-electron chi connectivity index (χ3n) is 4.90. The SMILES string of the molecule is C[C@@H]1CN(c2ccc(C#N)nc2)CCN1S(=O)(=O)c1cccc(-n2cncn2)c1. The lowest BCUT2D eigenvalue weighted by molar-refractivity contribution is 0.306. The summed E-state index contributed by atoms with van der Waals surface area (Å²) >= 11 is 0. The predicted octanol–water partition coefficient (Wildman–Crippen LogP) is 1.43. The van der Waals surface area contributed by atoms with Crippen molar-refractivity contribution < 1.29 is 8.42 Å². The van der Waals surface area contributed by atoms with Crippen molar-refractivity contribution >= 4 is 15.7 Å². The van der Waals surface area contributed by atoms with E-state index in [1.807, 2.05) is 19.1 Å². The van der Waals surface area contributed by atoms with E-state index in [-0.39, 0.29) is 10.9 Å². The number of pyridine rings is 1. The van der Waals surface area contributed by atoms with E-state index in [0.717, 1.165) is 5.69 Å². The van der Waals surface area contributed by atoms with Crippen LogP contribution < -0.4 is 4.90 Å². The molecule has 1 fully saturated rings. The number of nitrogens with zero attached hydrogens (tertiary/aromatic N) is 7. The van der Waals surface area contributed by atoms with E-state index in [0.29, 0.717) is 31.0 Å². The lowest BCUT2D eigenvalue weighted by Crippen LogP contribution is -2.54. The summed E-state index contributed by atoms with van der Waals surface area (Å²) in [7, 11) is -3.65. The van der Waals surface area contributed by atoms with Crippen LogP contribution in [0.5, 0.6) is 0 Å². The molecule has 0 bridgehead atoms. The predicted molar refractivity (Wildman–Crippen MR) is 106 cm³/mol. The van der Waals surface area contributed by atoms with Crippen molar-refractivity contribution in [3.63, 3.8) is 0 Å². The lowest BCUT2D eigenvalue weighted by Gasteiger charge is -2.40. The molecule has 4 rings (SSSR count). The van der Waals surface area contributed by atoms with Gasteiger partial charge in [0.2, 0.25) is 10.0 Å². The molecule has 3 heterocycles. The molecule has 10 heteroatoms. The molecule has 0 spiro atoms. The normalized spacial score (nSPS) is 17.8. The average Bonchev–Trinajstić information content (AvgIpc) is 3.29. The topological polar surface area (TPSA) is 108 Å². The van der Waals surface area contributed by atoms with Crippen LogP contribution in [0.25, 0.3) is 5.69 Å². The van der Waals surface area contributed by atoms with Crippen molar-refractivity contribution in [2.24, 2.45) is 0 Å². The molecule has 0 N–H and O–H groups in total. The van der Waals surface area contributed by atoms with Crippen molar-refractivity contribution in [1.82, 2.24) is 24.1 Å². The van der Waals surface area contributed by atoms with E-state index in [4.69, 9.17) is 5.26 Å². The van der Waals surface area contributed by atoms with Gasteiger partial charge in [-0.3, -0.25) is 0 Å². The molecule has 0 unspecified atom stereocenters. The van der Waals surface area contributed by atoms with Crippen LogP contribution in [-0.2, 0) is 10.0 Å². The Labute approximate surface area is 168 Å². The molecule has 148 valence electrons. The van der Waals surface area contributed by atoms with Crippen molar-refractivity contribution in [3.05, 3.63) is 60.9 Å². The molecule has 2 aromatic heterocycles. The molecule has 1 aromatic carbocycles. The van der Waals surface area contributed by atoms with Crippen LogP contribution in [0.2, 0.25) is 0 Å². The van der Waals surface area contributed by atoms with Gasteiger partial charge in [0.05, 0.1) is 22.5 Å². The summed E-state index contributed by atoms with van der Waals surface area (Å²) in [6.07, 6.45) is 4.58. The Hall–Kier alpha value is -3.29. The zero-order valence-electron chi connectivity index (χ0n) is 15.8. The van der Waals surface area contributed by atoms with Gasteiger partial charge in [0, 0.05) is 25.7 Å². The minimum absolute atomic E-state index is 0.223. The van der Waals surface area contributed by atoms with Crippen molar-refractivity contribution in [3.8, 4) is 11.8 Å². The molecule has 1 aliphatic heterocycles. The van der Waals surface area contributed by atoms with Gasteiger partial charge in [-0.2, -0.15) is 14.7 Å². The number of hydrogen-bond donors (Lipinski definition) is 0. The van der Waals surface area contributed by atoms with E-state index < -0.39 is 10.0 Å². The Kier molecular flexibility index (Phi) is 5.00. The number of hydrogen-bond acceptors (Lipinski definition) is 7. The van der Waals surface area contributed by atoms with Gasteiger partial charge < -0.3 is 4.90 Å². The number of aromatic nitrogens is 4. The van der Waals surface area contributed by atoms with Crippen LogP contribution in [0, 0.1) is 11.3 Å². The highest BCUT2D eigenvalue weighted by atomic mass is 32.2. The molecule has 1 atom stereocenters. The Bertz CT molecular complexity index is 1140. The first-order chi connectivity index (χ1) is 14.0. The standard InChI is InChI=1S/C19H19N7O2S/c1-15-12-24(18-6-5-16(10-20)22-11-18)7-8-26(15)29(27,28)19-4-2-3-17(9-19)25-14-21-13-23-25/h2-6,9,11,13-15H,7-8,12H2,1H3/t15-/m1/s1. The Morgan fingerprint density at radius 1 is 1.17 bits per heavy atom. The van der Waals surface area contributed by atoms with Gasteiger partial charge in [-0.1, -0.05) is 6.07 Å². The van der Waals surface area contributed by atoms with Crippen LogP contribution >= 0.6 is 0 Å². The number of benzene rings is 1. The van der Waals surface area contributed by atoms with Crippen LogP contribution in [0.4, 0.5) is 5.69 Å². The smallest absolute Gasteiger partial charge is 0.243 e. The summed E-state index contributed by atoms with van der Waals surface area (Å²) < 4.78 is 29.6. The molecule has 9 nitrogen and oxygen atoms in total. The van der Waals surface area contributed by atoms with Crippen LogP contribution in [0.15, 0.2) is 60.1 Å². The molecule has 3 aromatic rings. The molecule has 0 saturated carbocycles. The molecule has 1 aliphatic rings. The van der Waals surface area contributed by atoms with Crippen molar-refractivity contribution in [2.75, 3.05) is 24.5 Å². The highest BCUT2D eigenvalue weighted by Gasteiger charge is 2.34. The third kappa shape index (κ3) is 3.70. The number of sulfonamides is 1. The van der Waals surface area contributed by atoms with Gasteiger partial charge in [0.1, 0.15) is 24.4 Å². The quantitative estimate of drug-likeness (QED) is 0.641. The van der Waals surface area contributed by atoms with Gasteiger partial charge in [-0.05, 0) is 37.3 Å². The molecule has 1 saturated heterocycles. The zero-order chi connectivity index (χ0) is 20.4. The summed E-state index contributed by atoms with van der Waals surface area (Å²) in [5.74, 6) is 0. The highest BCUT2D eigenvalue weighted by molar-refractivity contribution is 7.89. The second-order valence-corrected chi connectivity index (χ2v) is 8.65. The van der Waals surface area contributed by atoms with Gasteiger partial charge in [0.15, 0.2) is 0 Å². The molecule has 0 aliphatic carbocycles. The first-order valence-electron chi connectivity index (χ1n) is 9.07. The van der Waals surface area contributed by atoms with E-state index >= 15 is 0 Å². The summed E-state index contributed by atoms with van der Waals surface area (Å²) in [5.41, 5.74) is 1.87. The summed E-state index contributed by atoms with van der Waals surface area (Å²) in [6, 6.07) is 12.0. The van der Waals surface area contributed by atoms with Crippen molar-refractivity contribution in [1.29, 1.82) is 5.26 Å². The van der Waals surface area contributed by atoms with E-state index in [9.17, 15) is 8.42 Å². The maximum Gasteiger partial charge on any atom is 0.243 e. The minimum Gasteiger partial charge on any atom is -0.367 e. The Balaban J connectivity index is 1.54. The summed E-state index contributed by atoms with van der Waals surface area (Å²) in [5, 5.41) is 12.9.